The summed E-state index contributed by atoms with van der Waals surface area (Å²) in [5.41, 5.74) is 2.15. The number of nitro groups is 1. The van der Waals surface area contributed by atoms with Crippen molar-refractivity contribution in [1.82, 2.24) is 10.6 Å². The Kier molecular flexibility index (Phi) is 3.80. The van der Waals surface area contributed by atoms with E-state index >= 15 is 0 Å². The van der Waals surface area contributed by atoms with Crippen LogP contribution in [0.1, 0.15) is 16.8 Å². The standard InChI is InChI=1S/C11H13N5O4/c12-15-8-2-1-6(3-9(8)16(19)20)11(18)14-7-4-10(17)13-5-7/h1-3,7,15H,4-5,12H2,(H,13,17)(H,14,18). The molecule has 1 aromatic carbocycles. The third kappa shape index (κ3) is 2.83. The molecule has 2 rings (SSSR count). The van der Waals surface area contributed by atoms with Gasteiger partial charge in [0.1, 0.15) is 5.69 Å². The molecule has 2 amide bonds. The average molecular weight is 279 g/mol. The molecule has 0 radical (unpaired) electrons. The van der Waals surface area contributed by atoms with Crippen LogP contribution in [0, 0.1) is 10.1 Å². The van der Waals surface area contributed by atoms with Crippen molar-refractivity contribution in [3.8, 4) is 0 Å². The Morgan fingerprint density at radius 3 is 2.80 bits per heavy atom. The molecule has 9 heteroatoms. The summed E-state index contributed by atoms with van der Waals surface area (Å²) in [6.07, 6.45) is 0.205. The number of nitrogens with two attached hydrogens (primary N) is 1. The first-order valence-electron chi connectivity index (χ1n) is 5.84. The van der Waals surface area contributed by atoms with Crippen molar-refractivity contribution in [1.29, 1.82) is 0 Å². The maximum atomic E-state index is 12.0. The molecule has 20 heavy (non-hydrogen) atoms. The second-order valence-corrected chi connectivity index (χ2v) is 4.31. The van der Waals surface area contributed by atoms with Crippen molar-refractivity contribution in [2.24, 2.45) is 5.84 Å². The van der Waals surface area contributed by atoms with Crippen LogP contribution in [-0.4, -0.2) is 29.3 Å². The molecule has 1 fully saturated rings. The van der Waals surface area contributed by atoms with Crippen molar-refractivity contribution >= 4 is 23.2 Å². The fraction of sp³-hybridized carbons (Fsp3) is 0.273. The molecule has 1 atom stereocenters. The number of nitro benzene ring substituents is 1. The molecule has 1 aromatic rings. The minimum atomic E-state index is -0.632. The molecule has 1 unspecified atom stereocenters. The average Bonchev–Trinajstić information content (AvgIpc) is 2.83. The maximum absolute atomic E-state index is 12.0. The van der Waals surface area contributed by atoms with Crippen molar-refractivity contribution in [2.75, 3.05) is 12.0 Å². The highest BCUT2D eigenvalue weighted by Gasteiger charge is 2.24. The predicted octanol–water partition coefficient (Wildman–Crippen LogP) is -0.501. The first-order valence-corrected chi connectivity index (χ1v) is 5.84. The topological polar surface area (TPSA) is 139 Å². The fourth-order valence-corrected chi connectivity index (χ4v) is 1.92. The molecule has 0 aromatic heterocycles. The van der Waals surface area contributed by atoms with Gasteiger partial charge in [-0.15, -0.1) is 0 Å². The van der Waals surface area contributed by atoms with E-state index in [1.54, 1.807) is 0 Å². The molecule has 1 aliphatic heterocycles. The molecular weight excluding hydrogens is 266 g/mol. The van der Waals surface area contributed by atoms with Gasteiger partial charge in [-0.25, -0.2) is 0 Å². The SMILES string of the molecule is NNc1ccc(C(=O)NC2CNC(=O)C2)cc1[N+](=O)[O-]. The quantitative estimate of drug-likeness (QED) is 0.333. The Hall–Kier alpha value is -2.68. The number of carbonyl (C=O) groups is 2. The van der Waals surface area contributed by atoms with Crippen LogP contribution >= 0.6 is 0 Å². The molecule has 0 bridgehead atoms. The van der Waals surface area contributed by atoms with Gasteiger partial charge in [0.15, 0.2) is 0 Å². The van der Waals surface area contributed by atoms with Crippen molar-refractivity contribution in [2.45, 2.75) is 12.5 Å². The number of nitrogens with one attached hydrogen (secondary N) is 3. The van der Waals surface area contributed by atoms with Crippen LogP contribution in [0.4, 0.5) is 11.4 Å². The highest BCUT2D eigenvalue weighted by molar-refractivity contribution is 5.96. The molecule has 0 aliphatic carbocycles. The molecule has 1 saturated heterocycles. The van der Waals surface area contributed by atoms with E-state index in [0.29, 0.717) is 6.54 Å². The second kappa shape index (κ2) is 5.53. The lowest BCUT2D eigenvalue weighted by Crippen LogP contribution is -2.36. The largest absolute Gasteiger partial charge is 0.354 e. The Bertz CT molecular complexity index is 574. The summed E-state index contributed by atoms with van der Waals surface area (Å²) in [6, 6.07) is 3.60. The lowest BCUT2D eigenvalue weighted by Gasteiger charge is -2.11. The Balaban J connectivity index is 2.15. The molecule has 0 saturated carbocycles. The highest BCUT2D eigenvalue weighted by atomic mass is 16.6. The second-order valence-electron chi connectivity index (χ2n) is 4.31. The molecule has 1 aliphatic rings. The van der Waals surface area contributed by atoms with Gasteiger partial charge in [-0.2, -0.15) is 0 Å². The molecule has 5 N–H and O–H groups in total. The van der Waals surface area contributed by atoms with Crippen LogP contribution in [0.5, 0.6) is 0 Å². The molecule has 106 valence electrons. The van der Waals surface area contributed by atoms with Gasteiger partial charge in [0.25, 0.3) is 11.6 Å². The number of nitrogens with zero attached hydrogens (tertiary/aromatic N) is 1. The van der Waals surface area contributed by atoms with E-state index in [0.717, 1.165) is 6.07 Å². The number of hydrogen-bond acceptors (Lipinski definition) is 6. The number of amides is 2. The Morgan fingerprint density at radius 1 is 1.50 bits per heavy atom. The summed E-state index contributed by atoms with van der Waals surface area (Å²) in [5.74, 6) is 4.55. The van der Waals surface area contributed by atoms with Gasteiger partial charge < -0.3 is 16.1 Å². The zero-order valence-corrected chi connectivity index (χ0v) is 10.4. The Morgan fingerprint density at radius 2 is 2.25 bits per heavy atom. The van der Waals surface area contributed by atoms with E-state index in [4.69, 9.17) is 5.84 Å². The van der Waals surface area contributed by atoms with Crippen molar-refractivity contribution < 1.29 is 14.5 Å². The lowest BCUT2D eigenvalue weighted by atomic mass is 10.1. The van der Waals surface area contributed by atoms with Crippen molar-refractivity contribution in [3.05, 3.63) is 33.9 Å². The first kappa shape index (κ1) is 13.7. The van der Waals surface area contributed by atoms with Crippen LogP contribution < -0.4 is 21.9 Å². The van der Waals surface area contributed by atoms with Crippen LogP contribution in [0.2, 0.25) is 0 Å². The number of nitrogen functional groups attached to an aromatic ring is 1. The molecule has 1 heterocycles. The zero-order chi connectivity index (χ0) is 14.7. The van der Waals surface area contributed by atoms with E-state index in [2.05, 4.69) is 16.1 Å². The summed E-state index contributed by atoms with van der Waals surface area (Å²) < 4.78 is 0. The fourth-order valence-electron chi connectivity index (χ4n) is 1.92. The van der Waals surface area contributed by atoms with E-state index < -0.39 is 10.8 Å². The molecular formula is C11H13N5O4. The van der Waals surface area contributed by atoms with Crippen molar-refractivity contribution in [3.63, 3.8) is 0 Å². The highest BCUT2D eigenvalue weighted by Crippen LogP contribution is 2.24. The van der Waals surface area contributed by atoms with E-state index in [1.807, 2.05) is 0 Å². The van der Waals surface area contributed by atoms with Gasteiger partial charge in [-0.1, -0.05) is 0 Å². The summed E-state index contributed by atoms with van der Waals surface area (Å²) in [4.78, 5) is 33.2. The smallest absolute Gasteiger partial charge is 0.294 e. The summed E-state index contributed by atoms with van der Waals surface area (Å²) >= 11 is 0. The zero-order valence-electron chi connectivity index (χ0n) is 10.4. The Labute approximate surface area is 113 Å². The molecule has 9 nitrogen and oxygen atoms in total. The number of rotatable bonds is 4. The van der Waals surface area contributed by atoms with Crippen LogP contribution in [0.25, 0.3) is 0 Å². The van der Waals surface area contributed by atoms with Gasteiger partial charge in [-0.3, -0.25) is 25.5 Å². The van der Waals surface area contributed by atoms with E-state index in [-0.39, 0.29) is 35.3 Å². The minimum absolute atomic E-state index is 0.115. The normalized spacial score (nSPS) is 17.4. The van der Waals surface area contributed by atoms with Crippen LogP contribution in [0.3, 0.4) is 0 Å². The summed E-state index contributed by atoms with van der Waals surface area (Å²) in [5, 5.41) is 16.1. The number of hydrogen-bond donors (Lipinski definition) is 4. The predicted molar refractivity (Wildman–Crippen MR) is 69.8 cm³/mol. The first-order chi connectivity index (χ1) is 9.51. The van der Waals surface area contributed by atoms with Gasteiger partial charge >= 0.3 is 0 Å². The summed E-state index contributed by atoms with van der Waals surface area (Å²) in [7, 11) is 0. The third-order valence-corrected chi connectivity index (χ3v) is 2.92. The molecule has 0 spiro atoms. The maximum Gasteiger partial charge on any atom is 0.294 e. The van der Waals surface area contributed by atoms with E-state index in [1.165, 1.54) is 12.1 Å². The number of carbonyl (C=O) groups excluding carboxylic acids is 2. The van der Waals surface area contributed by atoms with Gasteiger partial charge in [0.2, 0.25) is 5.91 Å². The minimum Gasteiger partial charge on any atom is -0.354 e. The van der Waals surface area contributed by atoms with Gasteiger partial charge in [-0.05, 0) is 12.1 Å². The van der Waals surface area contributed by atoms with Crippen LogP contribution in [0.15, 0.2) is 18.2 Å². The number of anilines is 1. The van der Waals surface area contributed by atoms with E-state index in [9.17, 15) is 19.7 Å². The van der Waals surface area contributed by atoms with Gasteiger partial charge in [0, 0.05) is 24.6 Å². The third-order valence-electron chi connectivity index (χ3n) is 2.92. The summed E-state index contributed by atoms with van der Waals surface area (Å²) in [6.45, 7) is 0.356. The lowest BCUT2D eigenvalue weighted by molar-refractivity contribution is -0.384. The van der Waals surface area contributed by atoms with Crippen LogP contribution in [-0.2, 0) is 4.79 Å². The monoisotopic (exact) mass is 279 g/mol. The number of benzene rings is 1. The number of hydrazine groups is 1. The van der Waals surface area contributed by atoms with Gasteiger partial charge in [0.05, 0.1) is 11.0 Å².